The minimum Gasteiger partial charge on any atom is -0.495 e. The summed E-state index contributed by atoms with van der Waals surface area (Å²) in [7, 11) is -2.23. The average molecular weight is 441 g/mol. The first kappa shape index (κ1) is 22.8. The maximum Gasteiger partial charge on any atom is 0.240 e. The predicted octanol–water partition coefficient (Wildman–Crippen LogP) is 2.93. The van der Waals surface area contributed by atoms with Crippen molar-refractivity contribution in [3.05, 3.63) is 52.5 Å². The van der Waals surface area contributed by atoms with Crippen LogP contribution in [0.25, 0.3) is 0 Å². The Labute approximate surface area is 176 Å². The van der Waals surface area contributed by atoms with Crippen LogP contribution in [0.1, 0.15) is 11.1 Å². The summed E-state index contributed by atoms with van der Waals surface area (Å²) in [6.07, 6.45) is 1.03. The lowest BCUT2D eigenvalue weighted by molar-refractivity contribution is -0.119. The number of anilines is 1. The van der Waals surface area contributed by atoms with Crippen LogP contribution < -0.4 is 19.1 Å². The summed E-state index contributed by atoms with van der Waals surface area (Å²) in [5, 5.41) is 2.92. The Morgan fingerprint density at radius 3 is 2.41 bits per heavy atom. The van der Waals surface area contributed by atoms with E-state index >= 15 is 0 Å². The molecule has 9 heteroatoms. The van der Waals surface area contributed by atoms with Gasteiger partial charge in [0, 0.05) is 0 Å². The van der Waals surface area contributed by atoms with Gasteiger partial charge in [-0.2, -0.15) is 0 Å². The number of nitrogens with zero attached hydrogens (tertiary/aromatic N) is 1. The molecule has 2 rings (SSSR count). The fraction of sp³-hybridized carbons (Fsp3) is 0.350. The summed E-state index contributed by atoms with van der Waals surface area (Å²) in [6.45, 7) is 4.09. The van der Waals surface area contributed by atoms with Crippen LogP contribution in [-0.4, -0.2) is 47.4 Å². The normalized spacial score (nSPS) is 11.1. The number of carbonyl (C=O) groups is 1. The first-order chi connectivity index (χ1) is 13.6. The number of hydrogen-bond acceptors (Lipinski definition) is 5. The van der Waals surface area contributed by atoms with E-state index in [-0.39, 0.29) is 30.4 Å². The number of amides is 1. The van der Waals surface area contributed by atoms with Crippen molar-refractivity contribution in [1.29, 1.82) is 0 Å². The number of carbonyl (C=O) groups excluding carboxylic acids is 1. The molecule has 0 unspecified atom stereocenters. The van der Waals surface area contributed by atoms with Gasteiger partial charge in [-0.3, -0.25) is 9.10 Å². The molecule has 2 aromatic carbocycles. The van der Waals surface area contributed by atoms with Gasteiger partial charge in [-0.15, -0.1) is 0 Å². The summed E-state index contributed by atoms with van der Waals surface area (Å²) in [5.41, 5.74) is 2.43. The van der Waals surface area contributed by atoms with Crippen molar-refractivity contribution < 1.29 is 22.7 Å². The molecule has 1 N–H and O–H groups in total. The van der Waals surface area contributed by atoms with E-state index in [4.69, 9.17) is 21.1 Å². The highest BCUT2D eigenvalue weighted by Gasteiger charge is 2.21. The maximum atomic E-state index is 12.3. The summed E-state index contributed by atoms with van der Waals surface area (Å²) in [4.78, 5) is 12.3. The van der Waals surface area contributed by atoms with Gasteiger partial charge in [0.15, 0.2) is 0 Å². The average Bonchev–Trinajstić information content (AvgIpc) is 2.63. The molecule has 29 heavy (non-hydrogen) atoms. The van der Waals surface area contributed by atoms with Gasteiger partial charge in [-0.1, -0.05) is 29.3 Å². The van der Waals surface area contributed by atoms with Crippen molar-refractivity contribution in [3.8, 4) is 11.5 Å². The van der Waals surface area contributed by atoms with Crippen molar-refractivity contribution in [2.45, 2.75) is 13.8 Å². The maximum absolute atomic E-state index is 12.3. The molecule has 2 aromatic rings. The quantitative estimate of drug-likeness (QED) is 0.606. The minimum absolute atomic E-state index is 0.243. The van der Waals surface area contributed by atoms with Gasteiger partial charge in [0.25, 0.3) is 0 Å². The van der Waals surface area contributed by atoms with Crippen LogP contribution in [0.3, 0.4) is 0 Å². The first-order valence-electron chi connectivity index (χ1n) is 8.90. The molecule has 0 fully saturated rings. The number of aryl methyl sites for hydroxylation is 2. The highest BCUT2D eigenvalue weighted by molar-refractivity contribution is 7.92. The van der Waals surface area contributed by atoms with E-state index in [9.17, 15) is 13.2 Å². The number of halogens is 1. The number of sulfonamides is 1. The third kappa shape index (κ3) is 6.54. The standard InChI is InChI=1S/C20H25ClN2O5S/c1-14-5-7-18(15(2)11-14)28-10-9-22-20(24)13-23(29(4,25)26)16-6-8-19(27-3)17(21)12-16/h5-8,11-12H,9-10,13H2,1-4H3,(H,22,24). The predicted molar refractivity (Wildman–Crippen MR) is 115 cm³/mol. The molecule has 1 amide bonds. The van der Waals surface area contributed by atoms with E-state index in [1.807, 2.05) is 32.0 Å². The van der Waals surface area contributed by atoms with Gasteiger partial charge in [-0.25, -0.2) is 8.42 Å². The van der Waals surface area contributed by atoms with Crippen molar-refractivity contribution in [2.75, 3.05) is 37.4 Å². The number of ether oxygens (including phenoxy) is 2. The molecule has 0 spiro atoms. The smallest absolute Gasteiger partial charge is 0.240 e. The molecule has 0 bridgehead atoms. The van der Waals surface area contributed by atoms with Gasteiger partial charge >= 0.3 is 0 Å². The number of nitrogens with one attached hydrogen (secondary N) is 1. The van der Waals surface area contributed by atoms with Crippen LogP contribution in [0.4, 0.5) is 5.69 Å². The third-order valence-electron chi connectivity index (χ3n) is 4.12. The fourth-order valence-electron chi connectivity index (χ4n) is 2.71. The van der Waals surface area contributed by atoms with E-state index in [0.29, 0.717) is 5.75 Å². The van der Waals surface area contributed by atoms with Crippen LogP contribution in [0.5, 0.6) is 11.5 Å². The highest BCUT2D eigenvalue weighted by Crippen LogP contribution is 2.30. The summed E-state index contributed by atoms with van der Waals surface area (Å²) >= 11 is 6.08. The zero-order chi connectivity index (χ0) is 21.6. The molecule has 0 saturated carbocycles. The Morgan fingerprint density at radius 1 is 1.14 bits per heavy atom. The largest absolute Gasteiger partial charge is 0.495 e. The van der Waals surface area contributed by atoms with Gasteiger partial charge in [-0.05, 0) is 43.7 Å². The van der Waals surface area contributed by atoms with E-state index in [1.54, 1.807) is 6.07 Å². The van der Waals surface area contributed by atoms with Crippen molar-refractivity contribution in [3.63, 3.8) is 0 Å². The Balaban J connectivity index is 1.96. The SMILES string of the molecule is COc1ccc(N(CC(=O)NCCOc2ccc(C)cc2C)S(C)(=O)=O)cc1Cl. The molecular formula is C20H25ClN2O5S. The lowest BCUT2D eigenvalue weighted by Gasteiger charge is -2.22. The van der Waals surface area contributed by atoms with E-state index in [1.165, 1.54) is 19.2 Å². The van der Waals surface area contributed by atoms with Gasteiger partial charge in [0.1, 0.15) is 24.7 Å². The topological polar surface area (TPSA) is 84.9 Å². The monoisotopic (exact) mass is 440 g/mol. The van der Waals surface area contributed by atoms with Crippen LogP contribution >= 0.6 is 11.6 Å². The lowest BCUT2D eigenvalue weighted by atomic mass is 10.1. The zero-order valence-corrected chi connectivity index (χ0v) is 18.4. The van der Waals surface area contributed by atoms with E-state index in [2.05, 4.69) is 5.32 Å². The zero-order valence-electron chi connectivity index (χ0n) is 16.9. The van der Waals surface area contributed by atoms with E-state index in [0.717, 1.165) is 27.4 Å². The molecule has 158 valence electrons. The molecular weight excluding hydrogens is 416 g/mol. The number of benzene rings is 2. The summed E-state index contributed by atoms with van der Waals surface area (Å²) in [6, 6.07) is 10.4. The molecule has 0 aromatic heterocycles. The molecule has 0 aliphatic heterocycles. The lowest BCUT2D eigenvalue weighted by Crippen LogP contribution is -2.41. The second-order valence-electron chi connectivity index (χ2n) is 6.56. The first-order valence-corrected chi connectivity index (χ1v) is 11.1. The number of methoxy groups -OCH3 is 1. The molecule has 0 aliphatic carbocycles. The second-order valence-corrected chi connectivity index (χ2v) is 8.87. The molecule has 0 saturated heterocycles. The van der Waals surface area contributed by atoms with Crippen LogP contribution in [-0.2, 0) is 14.8 Å². The Kier molecular flexibility index (Phi) is 7.75. The Hall–Kier alpha value is -2.45. The van der Waals surface area contributed by atoms with E-state index < -0.39 is 15.9 Å². The Bertz CT molecular complexity index is 979. The van der Waals surface area contributed by atoms with Crippen molar-refractivity contribution >= 4 is 33.2 Å². The molecule has 7 nitrogen and oxygen atoms in total. The van der Waals surface area contributed by atoms with Crippen molar-refractivity contribution in [1.82, 2.24) is 5.32 Å². The fourth-order valence-corrected chi connectivity index (χ4v) is 3.81. The summed E-state index contributed by atoms with van der Waals surface area (Å²) in [5.74, 6) is 0.707. The molecule has 0 radical (unpaired) electrons. The van der Waals surface area contributed by atoms with Gasteiger partial charge < -0.3 is 14.8 Å². The van der Waals surface area contributed by atoms with Crippen molar-refractivity contribution in [2.24, 2.45) is 0 Å². The molecule has 0 atom stereocenters. The minimum atomic E-state index is -3.69. The highest BCUT2D eigenvalue weighted by atomic mass is 35.5. The summed E-state index contributed by atoms with van der Waals surface area (Å²) < 4.78 is 36.0. The van der Waals surface area contributed by atoms with Crippen LogP contribution in [0.2, 0.25) is 5.02 Å². The second kappa shape index (κ2) is 9.84. The van der Waals surface area contributed by atoms with Crippen LogP contribution in [0, 0.1) is 13.8 Å². The van der Waals surface area contributed by atoms with Gasteiger partial charge in [0.2, 0.25) is 15.9 Å². The molecule has 0 heterocycles. The third-order valence-corrected chi connectivity index (χ3v) is 5.56. The Morgan fingerprint density at radius 2 is 1.83 bits per heavy atom. The molecule has 0 aliphatic rings. The van der Waals surface area contributed by atoms with Gasteiger partial charge in [0.05, 0.1) is 30.6 Å². The number of rotatable bonds is 9. The van der Waals surface area contributed by atoms with Crippen LogP contribution in [0.15, 0.2) is 36.4 Å². The number of hydrogen-bond donors (Lipinski definition) is 1.